The molecular formula is C20H24N2O3S. The van der Waals surface area contributed by atoms with Gasteiger partial charge in [-0.1, -0.05) is 12.1 Å². The van der Waals surface area contributed by atoms with Gasteiger partial charge in [0.2, 0.25) is 11.5 Å². The van der Waals surface area contributed by atoms with Gasteiger partial charge in [-0.15, -0.1) is 11.8 Å². The number of carbonyl (C=O) groups is 1. The topological polar surface area (TPSA) is 62.4 Å². The van der Waals surface area contributed by atoms with Crippen LogP contribution in [-0.4, -0.2) is 41.7 Å². The van der Waals surface area contributed by atoms with Gasteiger partial charge in [0.15, 0.2) is 0 Å². The molecule has 0 saturated carbocycles. The summed E-state index contributed by atoms with van der Waals surface area (Å²) in [7, 11) is 1.65. The second-order valence-electron chi connectivity index (χ2n) is 6.56. The van der Waals surface area contributed by atoms with Gasteiger partial charge in [0.25, 0.3) is 0 Å². The summed E-state index contributed by atoms with van der Waals surface area (Å²) in [4.78, 5) is 29.3. The zero-order valence-electron chi connectivity index (χ0n) is 14.9. The molecule has 1 aromatic carbocycles. The van der Waals surface area contributed by atoms with Gasteiger partial charge in [-0.2, -0.15) is 0 Å². The molecule has 2 heterocycles. The number of H-pyrrole nitrogens is 1. The van der Waals surface area contributed by atoms with Crippen LogP contribution < -0.4 is 10.3 Å². The first-order chi connectivity index (χ1) is 12.6. The zero-order chi connectivity index (χ0) is 18.4. The number of rotatable bonds is 6. The standard InChI is InChI=1S/C20H24N2O3S/c1-25-17-3-2-4-18(12-17)26-14-20(24)22-9-7-15(8-10-22)11-16-5-6-19(23)21-13-16/h2-6,12-13,15H,7-11,14H2,1H3,(H,21,23). The van der Waals surface area contributed by atoms with E-state index in [4.69, 9.17) is 4.74 Å². The molecule has 0 radical (unpaired) electrons. The smallest absolute Gasteiger partial charge is 0.247 e. The Balaban J connectivity index is 1.44. The fourth-order valence-electron chi connectivity index (χ4n) is 3.22. The predicted molar refractivity (Wildman–Crippen MR) is 104 cm³/mol. The quantitative estimate of drug-likeness (QED) is 0.792. The SMILES string of the molecule is COc1cccc(SCC(=O)N2CCC(Cc3ccc(=O)[nH]c3)CC2)c1. The minimum atomic E-state index is -0.0669. The van der Waals surface area contributed by atoms with E-state index in [-0.39, 0.29) is 11.5 Å². The summed E-state index contributed by atoms with van der Waals surface area (Å²) in [6.07, 6.45) is 4.77. The second kappa shape index (κ2) is 8.94. The molecule has 0 unspecified atom stereocenters. The predicted octanol–water partition coefficient (Wildman–Crippen LogP) is 2.96. The minimum absolute atomic E-state index is 0.0669. The maximum atomic E-state index is 12.5. The normalized spacial score (nSPS) is 15.0. The first-order valence-electron chi connectivity index (χ1n) is 8.86. The number of piperidine rings is 1. The molecule has 0 atom stereocenters. The molecule has 26 heavy (non-hydrogen) atoms. The lowest BCUT2D eigenvalue weighted by Gasteiger charge is -2.32. The van der Waals surface area contributed by atoms with Crippen molar-refractivity contribution in [1.82, 2.24) is 9.88 Å². The summed E-state index contributed by atoms with van der Waals surface area (Å²) in [6.45, 7) is 1.62. The summed E-state index contributed by atoms with van der Waals surface area (Å²) in [5, 5.41) is 0. The summed E-state index contributed by atoms with van der Waals surface area (Å²) >= 11 is 1.55. The van der Waals surface area contributed by atoms with Crippen molar-refractivity contribution < 1.29 is 9.53 Å². The van der Waals surface area contributed by atoms with E-state index in [0.717, 1.165) is 48.6 Å². The van der Waals surface area contributed by atoms with E-state index in [1.54, 1.807) is 31.1 Å². The van der Waals surface area contributed by atoms with Crippen LogP contribution in [0.5, 0.6) is 5.75 Å². The molecule has 1 aliphatic rings. The van der Waals surface area contributed by atoms with Crippen LogP contribution in [0.2, 0.25) is 0 Å². The van der Waals surface area contributed by atoms with E-state index in [2.05, 4.69) is 4.98 Å². The number of hydrogen-bond acceptors (Lipinski definition) is 4. The summed E-state index contributed by atoms with van der Waals surface area (Å²) in [6, 6.07) is 11.3. The molecule has 6 heteroatoms. The Morgan fingerprint density at radius 3 is 2.77 bits per heavy atom. The molecule has 0 bridgehead atoms. The van der Waals surface area contributed by atoms with Crippen LogP contribution >= 0.6 is 11.8 Å². The number of ether oxygens (including phenoxy) is 1. The number of pyridine rings is 1. The van der Waals surface area contributed by atoms with Crippen molar-refractivity contribution in [1.29, 1.82) is 0 Å². The van der Waals surface area contributed by atoms with Crippen molar-refractivity contribution in [2.45, 2.75) is 24.2 Å². The highest BCUT2D eigenvalue weighted by Crippen LogP contribution is 2.25. The number of benzene rings is 1. The van der Waals surface area contributed by atoms with Crippen molar-refractivity contribution in [3.05, 3.63) is 58.5 Å². The lowest BCUT2D eigenvalue weighted by atomic mass is 9.91. The van der Waals surface area contributed by atoms with Gasteiger partial charge in [0.1, 0.15) is 5.75 Å². The summed E-state index contributed by atoms with van der Waals surface area (Å²) < 4.78 is 5.22. The molecule has 2 aromatic rings. The Morgan fingerprint density at radius 2 is 2.08 bits per heavy atom. The summed E-state index contributed by atoms with van der Waals surface area (Å²) in [5.74, 6) is 2.03. The van der Waals surface area contributed by atoms with E-state index >= 15 is 0 Å². The fraction of sp³-hybridized carbons (Fsp3) is 0.400. The molecule has 5 nitrogen and oxygen atoms in total. The molecule has 0 aliphatic carbocycles. The molecule has 1 saturated heterocycles. The maximum Gasteiger partial charge on any atom is 0.247 e. The number of nitrogens with one attached hydrogen (secondary N) is 1. The Kier molecular flexibility index (Phi) is 6.39. The van der Waals surface area contributed by atoms with Gasteiger partial charge in [0.05, 0.1) is 12.9 Å². The molecule has 1 aromatic heterocycles. The van der Waals surface area contributed by atoms with Crippen LogP contribution in [0.4, 0.5) is 0 Å². The number of thioether (sulfide) groups is 1. The van der Waals surface area contributed by atoms with Gasteiger partial charge in [-0.3, -0.25) is 9.59 Å². The van der Waals surface area contributed by atoms with E-state index in [1.807, 2.05) is 35.2 Å². The molecule has 1 amide bonds. The molecule has 0 spiro atoms. The van der Waals surface area contributed by atoms with Gasteiger partial charge in [-0.05, 0) is 48.9 Å². The molecule has 3 rings (SSSR count). The van der Waals surface area contributed by atoms with Crippen LogP contribution in [0.25, 0.3) is 0 Å². The Hall–Kier alpha value is -2.21. The van der Waals surface area contributed by atoms with Gasteiger partial charge in [-0.25, -0.2) is 0 Å². The highest BCUT2D eigenvalue weighted by Gasteiger charge is 2.23. The van der Waals surface area contributed by atoms with E-state index in [9.17, 15) is 9.59 Å². The summed E-state index contributed by atoms with van der Waals surface area (Å²) in [5.41, 5.74) is 1.09. The fourth-order valence-corrected chi connectivity index (χ4v) is 4.06. The molecule has 1 aliphatic heterocycles. The minimum Gasteiger partial charge on any atom is -0.497 e. The van der Waals surface area contributed by atoms with Crippen molar-refractivity contribution in [2.24, 2.45) is 5.92 Å². The van der Waals surface area contributed by atoms with Crippen molar-refractivity contribution in [3.8, 4) is 5.75 Å². The number of nitrogens with zero attached hydrogens (tertiary/aromatic N) is 1. The first-order valence-corrected chi connectivity index (χ1v) is 9.85. The first kappa shape index (κ1) is 18.6. The number of likely N-dealkylation sites (tertiary alicyclic amines) is 1. The molecule has 1 N–H and O–H groups in total. The maximum absolute atomic E-state index is 12.5. The average molecular weight is 372 g/mol. The van der Waals surface area contributed by atoms with Crippen LogP contribution in [0.1, 0.15) is 18.4 Å². The number of carbonyl (C=O) groups excluding carboxylic acids is 1. The third-order valence-corrected chi connectivity index (χ3v) is 5.72. The van der Waals surface area contributed by atoms with Crippen LogP contribution in [0, 0.1) is 5.92 Å². The van der Waals surface area contributed by atoms with Crippen molar-refractivity contribution >= 4 is 17.7 Å². The van der Waals surface area contributed by atoms with E-state index in [0.29, 0.717) is 11.7 Å². The van der Waals surface area contributed by atoms with E-state index in [1.165, 1.54) is 0 Å². The van der Waals surface area contributed by atoms with Crippen LogP contribution in [0.3, 0.4) is 0 Å². The zero-order valence-corrected chi connectivity index (χ0v) is 15.8. The molecule has 138 valence electrons. The third-order valence-electron chi connectivity index (χ3n) is 4.74. The number of aromatic amines is 1. The van der Waals surface area contributed by atoms with Gasteiger partial charge >= 0.3 is 0 Å². The van der Waals surface area contributed by atoms with Gasteiger partial charge < -0.3 is 14.6 Å². The average Bonchev–Trinajstić information content (AvgIpc) is 2.68. The second-order valence-corrected chi connectivity index (χ2v) is 7.61. The van der Waals surface area contributed by atoms with Crippen molar-refractivity contribution in [3.63, 3.8) is 0 Å². The van der Waals surface area contributed by atoms with Crippen molar-refractivity contribution in [2.75, 3.05) is 26.0 Å². The number of methoxy groups -OCH3 is 1. The largest absolute Gasteiger partial charge is 0.497 e. The third kappa shape index (κ3) is 5.14. The Labute approximate surface area is 157 Å². The number of hydrogen-bond donors (Lipinski definition) is 1. The van der Waals surface area contributed by atoms with Crippen LogP contribution in [-0.2, 0) is 11.2 Å². The van der Waals surface area contributed by atoms with Gasteiger partial charge in [0, 0.05) is 30.2 Å². The lowest BCUT2D eigenvalue weighted by molar-refractivity contribution is -0.129. The highest BCUT2D eigenvalue weighted by molar-refractivity contribution is 8.00. The van der Waals surface area contributed by atoms with E-state index < -0.39 is 0 Å². The molecule has 1 fully saturated rings. The highest BCUT2D eigenvalue weighted by atomic mass is 32.2. The van der Waals surface area contributed by atoms with Crippen LogP contribution in [0.15, 0.2) is 52.3 Å². The Morgan fingerprint density at radius 1 is 1.27 bits per heavy atom. The monoisotopic (exact) mass is 372 g/mol. The lowest BCUT2D eigenvalue weighted by Crippen LogP contribution is -2.39. The number of aromatic nitrogens is 1. The Bertz CT molecular complexity index is 777. The molecular weight excluding hydrogens is 348 g/mol. The number of amides is 1.